The van der Waals surface area contributed by atoms with E-state index < -0.39 is 41.3 Å². The molecule has 0 radical (unpaired) electrons. The number of pyridine rings is 1. The van der Waals surface area contributed by atoms with Gasteiger partial charge in [0.15, 0.2) is 0 Å². The Morgan fingerprint density at radius 3 is 2.00 bits per heavy atom. The van der Waals surface area contributed by atoms with Crippen molar-refractivity contribution < 1.29 is 19.2 Å². The molecule has 1 aromatic heterocycles. The lowest BCUT2D eigenvalue weighted by molar-refractivity contribution is -0.131. The number of rotatable bonds is 8. The second kappa shape index (κ2) is 9.96. The first-order valence-electron chi connectivity index (χ1n) is 9.24. The van der Waals surface area contributed by atoms with E-state index in [1.165, 1.54) is 19.3 Å². The molecule has 28 heavy (non-hydrogen) atoms. The third-order valence-electron chi connectivity index (χ3n) is 4.27. The Kier molecular flexibility index (Phi) is 8.28. The molecule has 1 heterocycles. The smallest absolute Gasteiger partial charge is 0.252 e. The van der Waals surface area contributed by atoms with Crippen LogP contribution in [-0.2, 0) is 14.4 Å². The van der Waals surface area contributed by atoms with Gasteiger partial charge in [0, 0.05) is 18.0 Å². The minimum Gasteiger partial charge on any atom is -0.345 e. The highest BCUT2D eigenvalue weighted by atomic mass is 16.2. The van der Waals surface area contributed by atoms with Crippen LogP contribution in [-0.4, -0.2) is 47.1 Å². The van der Waals surface area contributed by atoms with Gasteiger partial charge < -0.3 is 20.7 Å². The molecular formula is C20H30N4O4. The fourth-order valence-corrected chi connectivity index (χ4v) is 2.40. The number of nitrogens with one attached hydrogen (secondary N) is 3. The molecule has 3 atom stereocenters. The topological polar surface area (TPSA) is 117 Å². The van der Waals surface area contributed by atoms with Gasteiger partial charge in [0.25, 0.3) is 5.91 Å². The molecule has 8 nitrogen and oxygen atoms in total. The summed E-state index contributed by atoms with van der Waals surface area (Å²) < 4.78 is 0. The summed E-state index contributed by atoms with van der Waals surface area (Å²) in [5, 5.41) is 7.94. The minimum atomic E-state index is -0.865. The zero-order valence-electron chi connectivity index (χ0n) is 17.3. The zero-order valence-corrected chi connectivity index (χ0v) is 17.3. The van der Waals surface area contributed by atoms with Gasteiger partial charge in [0.2, 0.25) is 11.8 Å². The van der Waals surface area contributed by atoms with Crippen molar-refractivity contribution in [1.82, 2.24) is 20.9 Å². The van der Waals surface area contributed by atoms with Crippen LogP contribution in [0.1, 0.15) is 51.9 Å². The summed E-state index contributed by atoms with van der Waals surface area (Å²) in [6, 6.07) is 0.742. The summed E-state index contributed by atoms with van der Waals surface area (Å²) in [6.07, 6.45) is 3.65. The molecule has 0 saturated carbocycles. The quantitative estimate of drug-likeness (QED) is 0.574. The normalized spacial score (nSPS) is 14.5. The second-order valence-electron chi connectivity index (χ2n) is 8.15. The summed E-state index contributed by atoms with van der Waals surface area (Å²) in [6.45, 7) is 10.6. The minimum absolute atomic E-state index is 0.0636. The van der Waals surface area contributed by atoms with Crippen molar-refractivity contribution in [3.8, 4) is 0 Å². The average Bonchev–Trinajstić information content (AvgIpc) is 2.62. The maximum absolute atomic E-state index is 12.8. The van der Waals surface area contributed by atoms with Crippen molar-refractivity contribution >= 4 is 24.0 Å². The number of aromatic nitrogens is 1. The zero-order chi connectivity index (χ0) is 21.5. The van der Waals surface area contributed by atoms with Crippen LogP contribution in [0.5, 0.6) is 0 Å². The van der Waals surface area contributed by atoms with Gasteiger partial charge >= 0.3 is 0 Å². The summed E-state index contributed by atoms with van der Waals surface area (Å²) in [4.78, 5) is 52.4. The van der Waals surface area contributed by atoms with Gasteiger partial charge in [-0.15, -0.1) is 0 Å². The SMILES string of the molecule is CC(C)[C@@H](C=O)NC(=O)[C@H](C)NC(=O)[C@@H](NC(=O)c1ccncc1)C(C)(C)C. The van der Waals surface area contributed by atoms with E-state index >= 15 is 0 Å². The van der Waals surface area contributed by atoms with E-state index in [1.54, 1.807) is 12.1 Å². The summed E-state index contributed by atoms with van der Waals surface area (Å²) in [7, 11) is 0. The first kappa shape index (κ1) is 23.3. The molecular weight excluding hydrogens is 360 g/mol. The first-order valence-corrected chi connectivity index (χ1v) is 9.24. The lowest BCUT2D eigenvalue weighted by Crippen LogP contribution is -2.58. The first-order chi connectivity index (χ1) is 13.0. The molecule has 0 fully saturated rings. The van der Waals surface area contributed by atoms with Crippen LogP contribution in [0.25, 0.3) is 0 Å². The van der Waals surface area contributed by atoms with E-state index in [4.69, 9.17) is 0 Å². The Bertz CT molecular complexity index is 698. The molecule has 0 aliphatic rings. The predicted molar refractivity (Wildman–Crippen MR) is 105 cm³/mol. The number of amides is 3. The molecule has 154 valence electrons. The van der Waals surface area contributed by atoms with Crippen LogP contribution >= 0.6 is 0 Å². The molecule has 0 bridgehead atoms. The Labute approximate surface area is 165 Å². The van der Waals surface area contributed by atoms with Gasteiger partial charge in [-0.25, -0.2) is 0 Å². The fraction of sp³-hybridized carbons (Fsp3) is 0.550. The van der Waals surface area contributed by atoms with Crippen LogP contribution in [0.2, 0.25) is 0 Å². The van der Waals surface area contributed by atoms with Crippen molar-refractivity contribution in [3.05, 3.63) is 30.1 Å². The standard InChI is InChI=1S/C20H30N4O4/c1-12(2)15(11-25)23-17(26)13(3)22-19(28)16(20(4,5)6)24-18(27)14-7-9-21-10-8-14/h7-13,15-16H,1-6H3,(H,22,28)(H,23,26)(H,24,27)/t13-,15+,16+/m0/s1. The lowest BCUT2D eigenvalue weighted by atomic mass is 9.85. The summed E-state index contributed by atoms with van der Waals surface area (Å²) in [5.41, 5.74) is -0.208. The Balaban J connectivity index is 2.83. The summed E-state index contributed by atoms with van der Waals surface area (Å²) in [5.74, 6) is -1.42. The molecule has 0 aliphatic heterocycles. The van der Waals surface area contributed by atoms with Crippen LogP contribution in [0.4, 0.5) is 0 Å². The number of aldehydes is 1. The number of hydrogen-bond acceptors (Lipinski definition) is 5. The molecule has 0 aromatic carbocycles. The van der Waals surface area contributed by atoms with Gasteiger partial charge in [-0.05, 0) is 30.4 Å². The van der Waals surface area contributed by atoms with Gasteiger partial charge in [-0.2, -0.15) is 0 Å². The molecule has 0 saturated heterocycles. The van der Waals surface area contributed by atoms with Gasteiger partial charge in [0.1, 0.15) is 18.4 Å². The third-order valence-corrected chi connectivity index (χ3v) is 4.27. The molecule has 0 aliphatic carbocycles. The molecule has 3 N–H and O–H groups in total. The largest absolute Gasteiger partial charge is 0.345 e. The number of carbonyl (C=O) groups is 4. The highest BCUT2D eigenvalue weighted by Gasteiger charge is 2.34. The van der Waals surface area contributed by atoms with E-state index in [-0.39, 0.29) is 5.92 Å². The van der Waals surface area contributed by atoms with Gasteiger partial charge in [-0.1, -0.05) is 34.6 Å². The van der Waals surface area contributed by atoms with Crippen molar-refractivity contribution in [3.63, 3.8) is 0 Å². The monoisotopic (exact) mass is 390 g/mol. The van der Waals surface area contributed by atoms with E-state index in [1.807, 2.05) is 34.6 Å². The second-order valence-corrected chi connectivity index (χ2v) is 8.15. The van der Waals surface area contributed by atoms with E-state index in [0.717, 1.165) is 0 Å². The average molecular weight is 390 g/mol. The lowest BCUT2D eigenvalue weighted by Gasteiger charge is -2.31. The van der Waals surface area contributed by atoms with E-state index in [9.17, 15) is 19.2 Å². The van der Waals surface area contributed by atoms with Crippen LogP contribution in [0.15, 0.2) is 24.5 Å². The third kappa shape index (κ3) is 6.75. The number of carbonyl (C=O) groups excluding carboxylic acids is 4. The number of nitrogens with zero attached hydrogens (tertiary/aromatic N) is 1. The molecule has 1 aromatic rings. The van der Waals surface area contributed by atoms with Crippen LogP contribution in [0, 0.1) is 11.3 Å². The molecule has 0 spiro atoms. The molecule has 8 heteroatoms. The fourth-order valence-electron chi connectivity index (χ4n) is 2.40. The maximum Gasteiger partial charge on any atom is 0.252 e. The number of hydrogen-bond donors (Lipinski definition) is 3. The Morgan fingerprint density at radius 2 is 1.54 bits per heavy atom. The predicted octanol–water partition coefficient (Wildman–Crippen LogP) is 1.07. The van der Waals surface area contributed by atoms with Crippen molar-refractivity contribution in [2.24, 2.45) is 11.3 Å². The van der Waals surface area contributed by atoms with Gasteiger partial charge in [-0.3, -0.25) is 19.4 Å². The maximum atomic E-state index is 12.8. The van der Waals surface area contributed by atoms with Crippen LogP contribution in [0.3, 0.4) is 0 Å². The highest BCUT2D eigenvalue weighted by Crippen LogP contribution is 2.20. The molecule has 1 rings (SSSR count). The van der Waals surface area contributed by atoms with Gasteiger partial charge in [0.05, 0.1) is 6.04 Å². The van der Waals surface area contributed by atoms with E-state index in [2.05, 4.69) is 20.9 Å². The van der Waals surface area contributed by atoms with Crippen molar-refractivity contribution in [2.45, 2.75) is 59.7 Å². The summed E-state index contributed by atoms with van der Waals surface area (Å²) >= 11 is 0. The Hall–Kier alpha value is -2.77. The van der Waals surface area contributed by atoms with Crippen molar-refractivity contribution in [2.75, 3.05) is 0 Å². The molecule has 0 unspecified atom stereocenters. The van der Waals surface area contributed by atoms with Crippen LogP contribution < -0.4 is 16.0 Å². The highest BCUT2D eigenvalue weighted by molar-refractivity contribution is 5.98. The Morgan fingerprint density at radius 1 is 0.964 bits per heavy atom. The van der Waals surface area contributed by atoms with Crippen molar-refractivity contribution in [1.29, 1.82) is 0 Å². The molecule has 3 amide bonds. The van der Waals surface area contributed by atoms with E-state index in [0.29, 0.717) is 11.8 Å².